The second kappa shape index (κ2) is 14.2. The van der Waals surface area contributed by atoms with E-state index in [9.17, 15) is 19.5 Å². The summed E-state index contributed by atoms with van der Waals surface area (Å²) in [7, 11) is 4.11. The van der Waals surface area contributed by atoms with Gasteiger partial charge < -0.3 is 29.3 Å². The molecule has 3 heterocycles. The number of amides is 2. The number of fused-ring (bicyclic) bond motifs is 1. The van der Waals surface area contributed by atoms with Crippen molar-refractivity contribution in [2.24, 2.45) is 5.92 Å². The third-order valence-electron chi connectivity index (χ3n) is 8.48. The molecule has 10 nitrogen and oxygen atoms in total. The monoisotopic (exact) mass is 558 g/mol. The molecule has 40 heavy (non-hydrogen) atoms. The van der Waals surface area contributed by atoms with E-state index < -0.39 is 11.9 Å². The molecular weight excluding hydrogens is 512 g/mol. The number of aliphatic carboxylic acids is 1. The standard InChI is InChI=1S/C30H46N4O6/c1-4-5-14-32(15-7-6-13-31(2)3)28(36)20-34-19-23(22-10-11-25-26(18-22)40-21-39-25)29(30(37)38)24(34)12-17-33-16-8-9-27(33)35/h10-11,18,23-24,29H,4-9,12-17,19-21H2,1-3H3,(H,37,38)/t23?,24-,29+/m1/s1. The van der Waals surface area contributed by atoms with Gasteiger partial charge in [-0.15, -0.1) is 0 Å². The smallest absolute Gasteiger partial charge is 0.308 e. The zero-order valence-electron chi connectivity index (χ0n) is 24.3. The molecule has 3 aliphatic rings. The average molecular weight is 559 g/mol. The highest BCUT2D eigenvalue weighted by atomic mass is 16.7. The predicted molar refractivity (Wildman–Crippen MR) is 151 cm³/mol. The molecule has 0 spiro atoms. The summed E-state index contributed by atoms with van der Waals surface area (Å²) < 4.78 is 11.0. The van der Waals surface area contributed by atoms with Gasteiger partial charge in [-0.3, -0.25) is 19.3 Å². The van der Waals surface area contributed by atoms with Crippen molar-refractivity contribution in [2.75, 3.05) is 66.7 Å². The molecule has 0 aliphatic carbocycles. The van der Waals surface area contributed by atoms with Crippen LogP contribution in [0.4, 0.5) is 0 Å². The molecule has 1 aromatic rings. The number of likely N-dealkylation sites (tertiary alicyclic amines) is 2. The van der Waals surface area contributed by atoms with Gasteiger partial charge in [-0.05, 0) is 70.4 Å². The first-order valence-corrected chi connectivity index (χ1v) is 14.8. The Labute approximate surface area is 238 Å². The Balaban J connectivity index is 1.53. The largest absolute Gasteiger partial charge is 0.481 e. The van der Waals surface area contributed by atoms with Crippen LogP contribution in [0.15, 0.2) is 18.2 Å². The van der Waals surface area contributed by atoms with Gasteiger partial charge >= 0.3 is 5.97 Å². The van der Waals surface area contributed by atoms with Gasteiger partial charge in [0.1, 0.15) is 0 Å². The van der Waals surface area contributed by atoms with Gasteiger partial charge in [-0.2, -0.15) is 0 Å². The molecule has 1 unspecified atom stereocenters. The van der Waals surface area contributed by atoms with Crippen LogP contribution in [0.25, 0.3) is 0 Å². The molecule has 2 fully saturated rings. The summed E-state index contributed by atoms with van der Waals surface area (Å²) in [5.41, 5.74) is 0.875. The van der Waals surface area contributed by atoms with E-state index in [0.717, 1.165) is 44.2 Å². The van der Waals surface area contributed by atoms with Crippen molar-refractivity contribution in [3.8, 4) is 11.5 Å². The molecule has 0 radical (unpaired) electrons. The molecule has 10 heteroatoms. The third-order valence-corrected chi connectivity index (χ3v) is 8.48. The maximum Gasteiger partial charge on any atom is 0.308 e. The summed E-state index contributed by atoms with van der Waals surface area (Å²) in [4.78, 5) is 46.8. The summed E-state index contributed by atoms with van der Waals surface area (Å²) in [6.45, 7) is 6.55. The number of nitrogens with zero attached hydrogens (tertiary/aromatic N) is 4. The SMILES string of the molecule is CCCCN(CCCCN(C)C)C(=O)CN1CC(c2ccc3c(c2)OCO3)[C@H](C(=O)O)[C@H]1CCN1CCCC1=O. The molecule has 0 aromatic heterocycles. The van der Waals surface area contributed by atoms with E-state index in [1.165, 1.54) is 0 Å². The van der Waals surface area contributed by atoms with Gasteiger partial charge in [0.2, 0.25) is 18.6 Å². The number of hydrogen-bond acceptors (Lipinski definition) is 7. The molecular formula is C30H46N4O6. The first-order chi connectivity index (χ1) is 19.3. The summed E-state index contributed by atoms with van der Waals surface area (Å²) in [5.74, 6) is -0.413. The molecule has 0 saturated carbocycles. The molecule has 3 atom stereocenters. The second-order valence-corrected chi connectivity index (χ2v) is 11.6. The van der Waals surface area contributed by atoms with E-state index in [4.69, 9.17) is 9.47 Å². The summed E-state index contributed by atoms with van der Waals surface area (Å²) >= 11 is 0. The van der Waals surface area contributed by atoms with Gasteiger partial charge in [0.25, 0.3) is 0 Å². The highest BCUT2D eigenvalue weighted by Gasteiger charge is 2.47. The highest BCUT2D eigenvalue weighted by molar-refractivity contribution is 5.79. The van der Waals surface area contributed by atoms with Gasteiger partial charge in [0, 0.05) is 51.1 Å². The number of carbonyl (C=O) groups is 3. The van der Waals surface area contributed by atoms with Crippen LogP contribution in [0.3, 0.4) is 0 Å². The van der Waals surface area contributed by atoms with Crippen LogP contribution < -0.4 is 9.47 Å². The Bertz CT molecular complexity index is 1030. The number of carboxylic acids is 1. The predicted octanol–water partition coefficient (Wildman–Crippen LogP) is 2.87. The number of ether oxygens (including phenoxy) is 2. The molecule has 0 bridgehead atoms. The van der Waals surface area contributed by atoms with E-state index in [-0.39, 0.29) is 37.1 Å². The van der Waals surface area contributed by atoms with Gasteiger partial charge in [0.15, 0.2) is 11.5 Å². The maximum absolute atomic E-state index is 13.7. The van der Waals surface area contributed by atoms with Crippen LogP contribution in [-0.2, 0) is 14.4 Å². The molecule has 4 rings (SSSR count). The van der Waals surface area contributed by atoms with Crippen molar-refractivity contribution in [1.82, 2.24) is 19.6 Å². The highest BCUT2D eigenvalue weighted by Crippen LogP contribution is 2.42. The zero-order valence-corrected chi connectivity index (χ0v) is 24.3. The van der Waals surface area contributed by atoms with Crippen LogP contribution in [0.1, 0.15) is 63.4 Å². The average Bonchev–Trinajstić information content (AvgIpc) is 3.64. The van der Waals surface area contributed by atoms with Crippen LogP contribution in [-0.4, -0.2) is 115 Å². The van der Waals surface area contributed by atoms with Crippen LogP contribution in [0, 0.1) is 5.92 Å². The number of benzene rings is 1. The normalized spacial score (nSPS) is 22.4. The van der Waals surface area contributed by atoms with E-state index in [2.05, 4.69) is 30.8 Å². The Morgan fingerprint density at radius 1 is 1.07 bits per heavy atom. The molecule has 1 N–H and O–H groups in total. The summed E-state index contributed by atoms with van der Waals surface area (Å²) in [5, 5.41) is 10.5. The first kappa shape index (κ1) is 30.1. The first-order valence-electron chi connectivity index (χ1n) is 14.8. The fourth-order valence-electron chi connectivity index (χ4n) is 6.28. The lowest BCUT2D eigenvalue weighted by molar-refractivity contribution is -0.144. The lowest BCUT2D eigenvalue weighted by Crippen LogP contribution is -2.45. The van der Waals surface area contributed by atoms with Crippen molar-refractivity contribution in [2.45, 2.75) is 63.8 Å². The van der Waals surface area contributed by atoms with Crippen molar-refractivity contribution >= 4 is 17.8 Å². The molecule has 3 aliphatic heterocycles. The number of hydrogen-bond donors (Lipinski definition) is 1. The number of carbonyl (C=O) groups excluding carboxylic acids is 2. The van der Waals surface area contributed by atoms with E-state index in [0.29, 0.717) is 57.1 Å². The maximum atomic E-state index is 13.7. The fraction of sp³-hybridized carbons (Fsp3) is 0.700. The van der Waals surface area contributed by atoms with Crippen molar-refractivity contribution in [1.29, 1.82) is 0 Å². The molecule has 2 amide bonds. The van der Waals surface area contributed by atoms with E-state index in [1.807, 2.05) is 28.0 Å². The second-order valence-electron chi connectivity index (χ2n) is 11.6. The molecule has 2 saturated heterocycles. The van der Waals surface area contributed by atoms with Crippen LogP contribution in [0.2, 0.25) is 0 Å². The zero-order chi connectivity index (χ0) is 28.6. The van der Waals surface area contributed by atoms with Gasteiger partial charge in [0.05, 0.1) is 12.5 Å². The minimum absolute atomic E-state index is 0.0519. The number of carboxylic acid groups (broad SMARTS) is 1. The Morgan fingerprint density at radius 2 is 1.82 bits per heavy atom. The fourth-order valence-corrected chi connectivity index (χ4v) is 6.28. The van der Waals surface area contributed by atoms with Gasteiger partial charge in [-0.1, -0.05) is 19.4 Å². The van der Waals surface area contributed by atoms with Crippen LogP contribution >= 0.6 is 0 Å². The minimum Gasteiger partial charge on any atom is -0.481 e. The van der Waals surface area contributed by atoms with E-state index in [1.54, 1.807) is 0 Å². The number of rotatable bonds is 15. The Morgan fingerprint density at radius 3 is 2.52 bits per heavy atom. The molecule has 1 aromatic carbocycles. The Kier molecular flexibility index (Phi) is 10.7. The summed E-state index contributed by atoms with van der Waals surface area (Å²) in [6.07, 6.45) is 5.82. The van der Waals surface area contributed by atoms with Crippen molar-refractivity contribution in [3.63, 3.8) is 0 Å². The van der Waals surface area contributed by atoms with Crippen molar-refractivity contribution < 1.29 is 29.0 Å². The number of unbranched alkanes of at least 4 members (excludes halogenated alkanes) is 2. The lowest BCUT2D eigenvalue weighted by atomic mass is 9.84. The van der Waals surface area contributed by atoms with Crippen molar-refractivity contribution in [3.05, 3.63) is 23.8 Å². The minimum atomic E-state index is -0.873. The molecule has 222 valence electrons. The van der Waals surface area contributed by atoms with Crippen LogP contribution in [0.5, 0.6) is 11.5 Å². The topological polar surface area (TPSA) is 103 Å². The van der Waals surface area contributed by atoms with E-state index >= 15 is 0 Å². The third kappa shape index (κ3) is 7.46. The summed E-state index contributed by atoms with van der Waals surface area (Å²) in [6, 6.07) is 5.28. The lowest BCUT2D eigenvalue weighted by Gasteiger charge is -2.31. The van der Waals surface area contributed by atoms with Gasteiger partial charge in [-0.25, -0.2) is 0 Å². The Hall–Kier alpha value is -2.85. The quantitative estimate of drug-likeness (QED) is 0.328.